The van der Waals surface area contributed by atoms with Gasteiger partial charge in [0.2, 0.25) is 12.7 Å². The van der Waals surface area contributed by atoms with Gasteiger partial charge in [-0.1, -0.05) is 23.5 Å². The second-order valence-electron chi connectivity index (χ2n) is 6.77. The smallest absolute Gasteiger partial charge is 0.233 e. The van der Waals surface area contributed by atoms with Crippen LogP contribution in [0.4, 0.5) is 9.52 Å². The van der Waals surface area contributed by atoms with E-state index in [0.29, 0.717) is 26.8 Å². The fourth-order valence-corrected chi connectivity index (χ4v) is 4.25. The van der Waals surface area contributed by atoms with Gasteiger partial charge in [0.15, 0.2) is 16.6 Å². The zero-order chi connectivity index (χ0) is 20.5. The van der Waals surface area contributed by atoms with Crippen LogP contribution in [0.25, 0.3) is 10.2 Å². The summed E-state index contributed by atoms with van der Waals surface area (Å²) in [6, 6.07) is 15.4. The maximum atomic E-state index is 13.6. The lowest BCUT2D eigenvalue weighted by molar-refractivity contribution is -0.118. The first kappa shape index (κ1) is 18.5. The number of halogens is 1. The van der Waals surface area contributed by atoms with Crippen molar-refractivity contribution < 1.29 is 18.7 Å². The third-order valence-electron chi connectivity index (χ3n) is 4.71. The molecule has 1 aliphatic rings. The predicted molar refractivity (Wildman–Crippen MR) is 111 cm³/mol. The third kappa shape index (κ3) is 3.69. The topological polar surface area (TPSA) is 64.6 Å². The first-order valence-electron chi connectivity index (χ1n) is 9.30. The van der Waals surface area contributed by atoms with E-state index in [1.807, 2.05) is 30.3 Å². The van der Waals surface area contributed by atoms with Gasteiger partial charge in [0.1, 0.15) is 5.82 Å². The standard InChI is InChI=1S/C22H16FN3O3S/c23-15-5-6-17-20(11-15)30-22(25-17)26(12-16-3-1-2-8-24-16)21(27)10-14-4-7-18-19(9-14)29-13-28-18/h1-9,11H,10,12-13H2. The fourth-order valence-electron chi connectivity index (χ4n) is 3.24. The van der Waals surface area contributed by atoms with Crippen LogP contribution in [0.3, 0.4) is 0 Å². The number of nitrogens with zero attached hydrogens (tertiary/aromatic N) is 3. The molecule has 150 valence electrons. The van der Waals surface area contributed by atoms with Gasteiger partial charge in [-0.25, -0.2) is 9.37 Å². The van der Waals surface area contributed by atoms with Gasteiger partial charge in [0, 0.05) is 6.20 Å². The van der Waals surface area contributed by atoms with Crippen LogP contribution in [-0.2, 0) is 17.8 Å². The minimum atomic E-state index is -0.333. The summed E-state index contributed by atoms with van der Waals surface area (Å²) in [5.41, 5.74) is 2.20. The maximum Gasteiger partial charge on any atom is 0.233 e. The highest BCUT2D eigenvalue weighted by atomic mass is 32.1. The van der Waals surface area contributed by atoms with E-state index in [9.17, 15) is 9.18 Å². The Labute approximate surface area is 175 Å². The van der Waals surface area contributed by atoms with Gasteiger partial charge in [-0.3, -0.25) is 14.7 Å². The Bertz CT molecular complexity index is 1230. The molecule has 0 N–H and O–H groups in total. The molecule has 4 aromatic rings. The van der Waals surface area contributed by atoms with Crippen molar-refractivity contribution in [2.45, 2.75) is 13.0 Å². The summed E-state index contributed by atoms with van der Waals surface area (Å²) in [5.74, 6) is 0.830. The normalized spacial score (nSPS) is 12.3. The Morgan fingerprint density at radius 2 is 2.00 bits per heavy atom. The Hall–Kier alpha value is -3.52. The average Bonchev–Trinajstić information content (AvgIpc) is 3.38. The van der Waals surface area contributed by atoms with E-state index in [1.54, 1.807) is 23.2 Å². The highest BCUT2D eigenvalue weighted by molar-refractivity contribution is 7.22. The average molecular weight is 421 g/mol. The van der Waals surface area contributed by atoms with Crippen LogP contribution >= 0.6 is 11.3 Å². The van der Waals surface area contributed by atoms with Crippen molar-refractivity contribution in [2.24, 2.45) is 0 Å². The van der Waals surface area contributed by atoms with Gasteiger partial charge in [-0.05, 0) is 48.0 Å². The third-order valence-corrected chi connectivity index (χ3v) is 5.75. The molecular weight excluding hydrogens is 405 g/mol. The number of carbonyl (C=O) groups is 1. The zero-order valence-corrected chi connectivity index (χ0v) is 16.6. The van der Waals surface area contributed by atoms with Crippen molar-refractivity contribution >= 4 is 32.6 Å². The Kier molecular flexibility index (Phi) is 4.76. The van der Waals surface area contributed by atoms with Gasteiger partial charge in [0.05, 0.1) is 28.9 Å². The molecule has 8 heteroatoms. The summed E-state index contributed by atoms with van der Waals surface area (Å²) in [6.07, 6.45) is 1.84. The van der Waals surface area contributed by atoms with Gasteiger partial charge < -0.3 is 9.47 Å². The number of thiazole rings is 1. The summed E-state index contributed by atoms with van der Waals surface area (Å²) in [4.78, 5) is 23.8. The van der Waals surface area contributed by atoms with Gasteiger partial charge in [-0.15, -0.1) is 0 Å². The molecule has 2 aromatic heterocycles. The van der Waals surface area contributed by atoms with E-state index >= 15 is 0 Å². The van der Waals surface area contributed by atoms with E-state index in [0.717, 1.165) is 11.3 Å². The van der Waals surface area contributed by atoms with Crippen LogP contribution in [-0.4, -0.2) is 22.7 Å². The number of ether oxygens (including phenoxy) is 2. The molecular formula is C22H16FN3O3S. The molecule has 2 aromatic carbocycles. The molecule has 0 unspecified atom stereocenters. The van der Waals surface area contributed by atoms with E-state index in [4.69, 9.17) is 9.47 Å². The molecule has 0 saturated carbocycles. The molecule has 30 heavy (non-hydrogen) atoms. The quantitative estimate of drug-likeness (QED) is 0.480. The number of pyridine rings is 1. The van der Waals surface area contributed by atoms with E-state index in [1.165, 1.54) is 23.5 Å². The first-order valence-corrected chi connectivity index (χ1v) is 10.1. The molecule has 0 spiro atoms. The summed E-state index contributed by atoms with van der Waals surface area (Å²) in [6.45, 7) is 0.452. The first-order chi connectivity index (χ1) is 14.7. The number of anilines is 1. The predicted octanol–water partition coefficient (Wildman–Crippen LogP) is 4.34. The summed E-state index contributed by atoms with van der Waals surface area (Å²) in [5, 5.41) is 0.506. The molecule has 0 fully saturated rings. The molecule has 0 atom stereocenters. The van der Waals surface area contributed by atoms with Crippen LogP contribution in [0.15, 0.2) is 60.8 Å². The Morgan fingerprint density at radius 1 is 1.10 bits per heavy atom. The molecule has 0 saturated heterocycles. The van der Waals surface area contributed by atoms with Crippen molar-refractivity contribution in [3.63, 3.8) is 0 Å². The van der Waals surface area contributed by atoms with Crippen LogP contribution in [0, 0.1) is 5.82 Å². The SMILES string of the molecule is O=C(Cc1ccc2c(c1)OCO2)N(Cc1ccccn1)c1nc2ccc(F)cc2s1. The van der Waals surface area contributed by atoms with E-state index < -0.39 is 0 Å². The minimum Gasteiger partial charge on any atom is -0.454 e. The Balaban J connectivity index is 1.47. The molecule has 1 aliphatic heterocycles. The number of fused-ring (bicyclic) bond motifs is 2. The minimum absolute atomic E-state index is 0.140. The summed E-state index contributed by atoms with van der Waals surface area (Å²) in [7, 11) is 0. The lowest BCUT2D eigenvalue weighted by atomic mass is 10.1. The van der Waals surface area contributed by atoms with E-state index in [2.05, 4.69) is 9.97 Å². The maximum absolute atomic E-state index is 13.6. The van der Waals surface area contributed by atoms with Crippen molar-refractivity contribution in [2.75, 3.05) is 11.7 Å². The number of hydrogen-bond acceptors (Lipinski definition) is 6. The molecule has 5 rings (SSSR count). The van der Waals surface area contributed by atoms with Crippen LogP contribution in [0.2, 0.25) is 0 Å². The highest BCUT2D eigenvalue weighted by Gasteiger charge is 2.22. The van der Waals surface area contributed by atoms with Crippen LogP contribution < -0.4 is 14.4 Å². The van der Waals surface area contributed by atoms with E-state index in [-0.39, 0.29) is 31.5 Å². The van der Waals surface area contributed by atoms with Gasteiger partial charge in [0.25, 0.3) is 0 Å². The lowest BCUT2D eigenvalue weighted by Crippen LogP contribution is -2.32. The van der Waals surface area contributed by atoms with Crippen molar-refractivity contribution in [1.82, 2.24) is 9.97 Å². The number of amides is 1. The Morgan fingerprint density at radius 3 is 2.87 bits per heavy atom. The molecule has 0 radical (unpaired) electrons. The molecule has 6 nitrogen and oxygen atoms in total. The molecule has 0 aliphatic carbocycles. The second-order valence-corrected chi connectivity index (χ2v) is 7.78. The van der Waals surface area contributed by atoms with Gasteiger partial charge in [-0.2, -0.15) is 0 Å². The van der Waals surface area contributed by atoms with Gasteiger partial charge >= 0.3 is 0 Å². The fraction of sp³-hybridized carbons (Fsp3) is 0.136. The highest BCUT2D eigenvalue weighted by Crippen LogP contribution is 2.34. The lowest BCUT2D eigenvalue weighted by Gasteiger charge is -2.19. The number of carbonyl (C=O) groups excluding carboxylic acids is 1. The molecule has 1 amide bonds. The van der Waals surface area contributed by atoms with Crippen molar-refractivity contribution in [3.8, 4) is 11.5 Å². The number of rotatable bonds is 5. The summed E-state index contributed by atoms with van der Waals surface area (Å²) < 4.78 is 25.0. The largest absolute Gasteiger partial charge is 0.454 e. The van der Waals surface area contributed by atoms with Crippen molar-refractivity contribution in [1.29, 1.82) is 0 Å². The van der Waals surface area contributed by atoms with Crippen LogP contribution in [0.1, 0.15) is 11.3 Å². The number of benzene rings is 2. The molecule has 3 heterocycles. The summed E-state index contributed by atoms with van der Waals surface area (Å²) >= 11 is 1.28. The number of hydrogen-bond donors (Lipinski definition) is 0. The second kappa shape index (κ2) is 7.72. The van der Waals surface area contributed by atoms with Crippen LogP contribution in [0.5, 0.6) is 11.5 Å². The monoisotopic (exact) mass is 421 g/mol. The zero-order valence-electron chi connectivity index (χ0n) is 15.7. The number of aromatic nitrogens is 2. The van der Waals surface area contributed by atoms with Crippen molar-refractivity contribution in [3.05, 3.63) is 77.9 Å². The molecule has 0 bridgehead atoms.